The summed E-state index contributed by atoms with van der Waals surface area (Å²) in [5.41, 5.74) is 2.65. The van der Waals surface area contributed by atoms with E-state index in [1.54, 1.807) is 11.3 Å². The predicted octanol–water partition coefficient (Wildman–Crippen LogP) is 3.26. The van der Waals surface area contributed by atoms with Gasteiger partial charge in [-0.3, -0.25) is 4.79 Å². The van der Waals surface area contributed by atoms with Crippen LogP contribution in [0, 0.1) is 19.3 Å². The zero-order chi connectivity index (χ0) is 16.0. The minimum Gasteiger partial charge on any atom is -0.378 e. The number of aryl methyl sites for hydroxylation is 2. The summed E-state index contributed by atoms with van der Waals surface area (Å²) in [5, 5.41) is 3.30. The van der Waals surface area contributed by atoms with Gasteiger partial charge in [0.1, 0.15) is 0 Å². The second-order valence-electron chi connectivity index (χ2n) is 7.47. The molecule has 4 nitrogen and oxygen atoms in total. The number of ether oxygens (including phenoxy) is 1. The molecule has 1 N–H and O–H groups in total. The molecule has 0 bridgehead atoms. The number of hydrogen-bond acceptors (Lipinski definition) is 4. The number of rotatable bonds is 3. The van der Waals surface area contributed by atoms with Gasteiger partial charge in [-0.25, -0.2) is 0 Å². The summed E-state index contributed by atoms with van der Waals surface area (Å²) in [7, 11) is 0. The Labute approximate surface area is 142 Å². The van der Waals surface area contributed by atoms with E-state index >= 15 is 0 Å². The summed E-state index contributed by atoms with van der Waals surface area (Å²) in [5.74, 6) is 0.132. The van der Waals surface area contributed by atoms with Gasteiger partial charge in [0, 0.05) is 28.9 Å². The summed E-state index contributed by atoms with van der Waals surface area (Å²) in [4.78, 5) is 17.6. The molecule has 1 aromatic heterocycles. The summed E-state index contributed by atoms with van der Waals surface area (Å²) >= 11 is 1.74. The first-order valence-electron chi connectivity index (χ1n) is 8.82. The molecule has 126 valence electrons. The van der Waals surface area contributed by atoms with E-state index in [1.807, 2.05) is 0 Å². The second-order valence-corrected chi connectivity index (χ2v) is 8.90. The van der Waals surface area contributed by atoms with Crippen LogP contribution in [0.2, 0.25) is 0 Å². The highest BCUT2D eigenvalue weighted by Crippen LogP contribution is 2.55. The van der Waals surface area contributed by atoms with Gasteiger partial charge < -0.3 is 15.0 Å². The Morgan fingerprint density at radius 2 is 1.91 bits per heavy atom. The average Bonchev–Trinajstić information content (AvgIpc) is 2.75. The Kier molecular flexibility index (Phi) is 3.88. The number of thiophene rings is 1. The molecule has 1 spiro atoms. The number of carbonyl (C=O) groups excluding carboxylic acids is 1. The largest absolute Gasteiger partial charge is 0.378 e. The number of nitrogens with one attached hydrogen (secondary N) is 1. The topological polar surface area (TPSA) is 41.6 Å². The molecule has 1 aliphatic heterocycles. The van der Waals surface area contributed by atoms with Crippen LogP contribution in [0.25, 0.3) is 0 Å². The number of morpholine rings is 1. The number of hydrogen-bond donors (Lipinski definition) is 1. The molecule has 23 heavy (non-hydrogen) atoms. The van der Waals surface area contributed by atoms with Gasteiger partial charge in [-0.05, 0) is 44.9 Å². The SMILES string of the molecule is Cc1sc(C)c(N2CCOCC2)c1C(=O)NC1CC2(CCC2)C1. The lowest BCUT2D eigenvalue weighted by molar-refractivity contribution is -0.000621. The Morgan fingerprint density at radius 3 is 2.52 bits per heavy atom. The van der Waals surface area contributed by atoms with Crippen LogP contribution in [0.5, 0.6) is 0 Å². The first kappa shape index (κ1) is 15.5. The first-order valence-corrected chi connectivity index (χ1v) is 9.63. The van der Waals surface area contributed by atoms with Crippen LogP contribution in [-0.2, 0) is 4.74 Å². The van der Waals surface area contributed by atoms with E-state index in [-0.39, 0.29) is 5.91 Å². The van der Waals surface area contributed by atoms with E-state index in [0.29, 0.717) is 11.5 Å². The lowest BCUT2D eigenvalue weighted by Crippen LogP contribution is -2.53. The van der Waals surface area contributed by atoms with E-state index in [2.05, 4.69) is 24.1 Å². The molecule has 1 saturated heterocycles. The zero-order valence-corrected chi connectivity index (χ0v) is 14.9. The van der Waals surface area contributed by atoms with Crippen molar-refractivity contribution in [3.63, 3.8) is 0 Å². The molecule has 2 heterocycles. The summed E-state index contributed by atoms with van der Waals surface area (Å²) in [6.45, 7) is 7.46. The van der Waals surface area contributed by atoms with E-state index in [4.69, 9.17) is 4.74 Å². The van der Waals surface area contributed by atoms with E-state index in [9.17, 15) is 4.79 Å². The van der Waals surface area contributed by atoms with Crippen molar-refractivity contribution in [2.24, 2.45) is 5.41 Å². The predicted molar refractivity (Wildman–Crippen MR) is 93.6 cm³/mol. The Hall–Kier alpha value is -1.07. The van der Waals surface area contributed by atoms with Crippen molar-refractivity contribution in [1.29, 1.82) is 0 Å². The fourth-order valence-corrected chi connectivity index (χ4v) is 5.62. The molecule has 0 unspecified atom stereocenters. The molecule has 5 heteroatoms. The minimum atomic E-state index is 0.132. The van der Waals surface area contributed by atoms with Crippen molar-refractivity contribution >= 4 is 22.9 Å². The van der Waals surface area contributed by atoms with Gasteiger partial charge in [0.05, 0.1) is 24.5 Å². The van der Waals surface area contributed by atoms with Crippen LogP contribution >= 0.6 is 11.3 Å². The third kappa shape index (κ3) is 2.68. The van der Waals surface area contributed by atoms with E-state index in [1.165, 1.54) is 37.0 Å². The lowest BCUT2D eigenvalue weighted by Gasteiger charge is -2.54. The molecule has 1 amide bonds. The summed E-state index contributed by atoms with van der Waals surface area (Å²) in [6, 6.07) is 0.389. The molecule has 0 radical (unpaired) electrons. The molecule has 3 fully saturated rings. The van der Waals surface area contributed by atoms with Crippen molar-refractivity contribution in [3.8, 4) is 0 Å². The Morgan fingerprint density at radius 1 is 1.22 bits per heavy atom. The van der Waals surface area contributed by atoms with Gasteiger partial charge in [-0.1, -0.05) is 6.42 Å². The lowest BCUT2D eigenvalue weighted by atomic mass is 9.54. The molecule has 3 aliphatic rings. The van der Waals surface area contributed by atoms with Crippen LogP contribution in [0.4, 0.5) is 5.69 Å². The van der Waals surface area contributed by atoms with Gasteiger partial charge in [0.15, 0.2) is 0 Å². The highest BCUT2D eigenvalue weighted by molar-refractivity contribution is 7.12. The summed E-state index contributed by atoms with van der Waals surface area (Å²) < 4.78 is 5.46. The van der Waals surface area contributed by atoms with Gasteiger partial charge in [-0.2, -0.15) is 0 Å². The van der Waals surface area contributed by atoms with Crippen LogP contribution in [0.1, 0.15) is 52.2 Å². The molecular weight excluding hydrogens is 308 g/mol. The minimum absolute atomic E-state index is 0.132. The van der Waals surface area contributed by atoms with Crippen molar-refractivity contribution in [2.75, 3.05) is 31.2 Å². The van der Waals surface area contributed by atoms with Gasteiger partial charge in [0.25, 0.3) is 5.91 Å². The molecule has 1 aromatic rings. The molecule has 2 aliphatic carbocycles. The fraction of sp³-hybridized carbons (Fsp3) is 0.722. The maximum Gasteiger partial charge on any atom is 0.254 e. The zero-order valence-electron chi connectivity index (χ0n) is 14.1. The van der Waals surface area contributed by atoms with Crippen LogP contribution < -0.4 is 10.2 Å². The molecule has 0 atom stereocenters. The van der Waals surface area contributed by atoms with Crippen LogP contribution in [-0.4, -0.2) is 38.3 Å². The maximum atomic E-state index is 12.9. The Balaban J connectivity index is 1.49. The average molecular weight is 334 g/mol. The molecule has 0 aromatic carbocycles. The number of carbonyl (C=O) groups is 1. The first-order chi connectivity index (χ1) is 11.1. The van der Waals surface area contributed by atoms with E-state index in [0.717, 1.165) is 42.4 Å². The van der Waals surface area contributed by atoms with Gasteiger partial charge in [0.2, 0.25) is 0 Å². The van der Waals surface area contributed by atoms with Crippen molar-refractivity contribution in [3.05, 3.63) is 15.3 Å². The normalized spacial score (nSPS) is 23.5. The smallest absolute Gasteiger partial charge is 0.254 e. The molecule has 4 rings (SSSR count). The van der Waals surface area contributed by atoms with Crippen LogP contribution in [0.15, 0.2) is 0 Å². The fourth-order valence-electron chi connectivity index (χ4n) is 4.54. The monoisotopic (exact) mass is 334 g/mol. The van der Waals surface area contributed by atoms with Gasteiger partial charge in [-0.15, -0.1) is 11.3 Å². The maximum absolute atomic E-state index is 12.9. The second kappa shape index (κ2) is 5.78. The standard InChI is InChI=1S/C18H26N2O2S/c1-12-15(16(13(2)23-12)20-6-8-22-9-7-20)17(21)19-14-10-18(11-14)4-3-5-18/h14H,3-11H2,1-2H3,(H,19,21). The highest BCUT2D eigenvalue weighted by atomic mass is 32.1. The van der Waals surface area contributed by atoms with Gasteiger partial charge >= 0.3 is 0 Å². The number of amides is 1. The number of anilines is 1. The number of nitrogens with zero attached hydrogens (tertiary/aromatic N) is 1. The van der Waals surface area contributed by atoms with Crippen molar-refractivity contribution < 1.29 is 9.53 Å². The van der Waals surface area contributed by atoms with Crippen molar-refractivity contribution in [1.82, 2.24) is 5.32 Å². The highest BCUT2D eigenvalue weighted by Gasteiger charge is 2.48. The van der Waals surface area contributed by atoms with Crippen molar-refractivity contribution in [2.45, 2.75) is 52.0 Å². The third-order valence-corrected chi connectivity index (χ3v) is 6.90. The van der Waals surface area contributed by atoms with Crippen LogP contribution in [0.3, 0.4) is 0 Å². The summed E-state index contributed by atoms with van der Waals surface area (Å²) in [6.07, 6.45) is 6.50. The third-order valence-electron chi connectivity index (χ3n) is 5.89. The molecular formula is C18H26N2O2S. The Bertz CT molecular complexity index is 607. The van der Waals surface area contributed by atoms with E-state index < -0.39 is 0 Å². The quantitative estimate of drug-likeness (QED) is 0.922. The molecule has 2 saturated carbocycles.